The summed E-state index contributed by atoms with van der Waals surface area (Å²) in [7, 11) is 0. The topological polar surface area (TPSA) is 273 Å². The maximum Gasteiger partial charge on any atom is 0.229 e. The molecule has 0 aromatic heterocycles. The molecule has 11 atom stereocenters. The summed E-state index contributed by atoms with van der Waals surface area (Å²) in [5.41, 5.74) is -2.27. The van der Waals surface area contributed by atoms with Crippen LogP contribution in [0.25, 0.3) is 21.9 Å². The molecule has 16 heteroatoms. The zero-order valence-corrected chi connectivity index (χ0v) is 28.2. The van der Waals surface area contributed by atoms with Gasteiger partial charge in [-0.05, 0) is 33.8 Å². The van der Waals surface area contributed by atoms with Crippen molar-refractivity contribution in [3.8, 4) is 39.9 Å². The number of benzene rings is 3. The van der Waals surface area contributed by atoms with E-state index in [9.17, 15) is 60.7 Å². The molecule has 0 spiro atoms. The van der Waals surface area contributed by atoms with Crippen LogP contribution >= 0.6 is 0 Å². The summed E-state index contributed by atoms with van der Waals surface area (Å²) in [5.74, 6) is -4.82. The largest absolute Gasteiger partial charge is 0.508 e. The first-order valence-corrected chi connectivity index (χ1v) is 16.6. The van der Waals surface area contributed by atoms with Crippen molar-refractivity contribution in [2.75, 3.05) is 6.61 Å². The molecule has 52 heavy (non-hydrogen) atoms. The first kappa shape index (κ1) is 36.0. The number of ketones is 2. The zero-order chi connectivity index (χ0) is 37.8. The summed E-state index contributed by atoms with van der Waals surface area (Å²) in [4.78, 5) is 28.7. The minimum absolute atomic E-state index is 0.0542. The van der Waals surface area contributed by atoms with Crippen molar-refractivity contribution in [1.29, 1.82) is 0 Å². The van der Waals surface area contributed by atoms with Crippen molar-refractivity contribution >= 4 is 22.3 Å². The molecule has 3 aliphatic heterocycles. The van der Waals surface area contributed by atoms with Gasteiger partial charge in [0, 0.05) is 56.5 Å². The fourth-order valence-electron chi connectivity index (χ4n) is 7.93. The summed E-state index contributed by atoms with van der Waals surface area (Å²) >= 11 is 0. The Balaban J connectivity index is 1.57. The number of hydrogen-bond acceptors (Lipinski definition) is 16. The van der Waals surface area contributed by atoms with Crippen molar-refractivity contribution in [3.05, 3.63) is 51.6 Å². The van der Waals surface area contributed by atoms with E-state index in [1.807, 2.05) is 0 Å². The number of aliphatic hydroxyl groups is 6. The number of phenols is 4. The Morgan fingerprint density at radius 2 is 1.27 bits per heavy atom. The molecule has 3 aromatic carbocycles. The lowest BCUT2D eigenvalue weighted by atomic mass is 9.73. The van der Waals surface area contributed by atoms with Gasteiger partial charge in [-0.1, -0.05) is 0 Å². The van der Waals surface area contributed by atoms with E-state index in [0.717, 1.165) is 18.2 Å². The highest BCUT2D eigenvalue weighted by Crippen LogP contribution is 2.57. The molecule has 0 bridgehead atoms. The number of carbonyl (C=O) groups excluding carboxylic acids is 2. The van der Waals surface area contributed by atoms with E-state index in [2.05, 4.69) is 0 Å². The average Bonchev–Trinajstić information content (AvgIpc) is 3.07. The Labute approximate surface area is 294 Å². The van der Waals surface area contributed by atoms with Crippen LogP contribution in [0.1, 0.15) is 71.7 Å². The van der Waals surface area contributed by atoms with Gasteiger partial charge in [0.05, 0.1) is 42.0 Å². The lowest BCUT2D eigenvalue weighted by Crippen LogP contribution is -2.60. The predicted molar refractivity (Wildman–Crippen MR) is 176 cm³/mol. The molecule has 3 aromatic rings. The summed E-state index contributed by atoms with van der Waals surface area (Å²) in [6, 6.07) is 2.97. The second-order valence-corrected chi connectivity index (χ2v) is 13.6. The highest BCUT2D eigenvalue weighted by Gasteiger charge is 2.49. The van der Waals surface area contributed by atoms with Crippen LogP contribution in [0.5, 0.6) is 28.7 Å². The van der Waals surface area contributed by atoms with Gasteiger partial charge in [-0.3, -0.25) is 9.59 Å². The third-order valence-electron chi connectivity index (χ3n) is 10.4. The maximum atomic E-state index is 14.6. The van der Waals surface area contributed by atoms with Crippen LogP contribution in [0.2, 0.25) is 0 Å². The molecule has 4 aliphatic rings. The molecule has 3 heterocycles. The molecule has 0 unspecified atom stereocenters. The van der Waals surface area contributed by atoms with Crippen LogP contribution in [0.15, 0.2) is 29.3 Å². The SMILES string of the molecule is C[C@@H]1O[C@H](C)[C@@H](O)c2c1c(O)c1c(O[C@H]3O[C@@H](CO)[C@H](O)[C@@H](O)[C@@H]3O)cc(O)cc1c2-c1c(O)cc(O)c2c1C(=O)C1=C(C2=O)[C@@H](C)O[C@H](C)[C@@H]1O. The monoisotopic (exact) mass is 726 g/mol. The molecule has 0 saturated carbocycles. The van der Waals surface area contributed by atoms with E-state index in [-0.39, 0.29) is 38.6 Å². The van der Waals surface area contributed by atoms with Gasteiger partial charge in [0.2, 0.25) is 6.29 Å². The smallest absolute Gasteiger partial charge is 0.229 e. The third-order valence-corrected chi connectivity index (χ3v) is 10.4. The molecule has 7 rings (SSSR count). The maximum absolute atomic E-state index is 14.6. The number of phenolic OH excluding ortho intramolecular Hbond substituents is 4. The second kappa shape index (κ2) is 12.6. The number of aliphatic hydroxyl groups excluding tert-OH is 6. The van der Waals surface area contributed by atoms with Crippen LogP contribution in [0.4, 0.5) is 0 Å². The first-order valence-electron chi connectivity index (χ1n) is 16.6. The Morgan fingerprint density at radius 3 is 1.94 bits per heavy atom. The van der Waals surface area contributed by atoms with Gasteiger partial charge in [0.15, 0.2) is 11.6 Å². The highest BCUT2D eigenvalue weighted by atomic mass is 16.7. The molecular weight excluding hydrogens is 688 g/mol. The predicted octanol–water partition coefficient (Wildman–Crippen LogP) is 0.865. The molecule has 16 nitrogen and oxygen atoms in total. The van der Waals surface area contributed by atoms with Crippen LogP contribution in [-0.2, 0) is 14.2 Å². The number of rotatable bonds is 4. The van der Waals surface area contributed by atoms with E-state index < -0.39 is 131 Å². The average molecular weight is 727 g/mol. The summed E-state index contributed by atoms with van der Waals surface area (Å²) in [5, 5.41) is 109. The van der Waals surface area contributed by atoms with Gasteiger partial charge in [0.25, 0.3) is 0 Å². The molecule has 278 valence electrons. The van der Waals surface area contributed by atoms with Crippen LogP contribution in [0.3, 0.4) is 0 Å². The number of carbonyl (C=O) groups is 2. The van der Waals surface area contributed by atoms with Crippen molar-refractivity contribution < 1.29 is 79.6 Å². The fourth-order valence-corrected chi connectivity index (χ4v) is 7.93. The molecule has 1 saturated heterocycles. The van der Waals surface area contributed by atoms with Crippen molar-refractivity contribution in [2.24, 2.45) is 0 Å². The quantitative estimate of drug-likeness (QED) is 0.179. The second-order valence-electron chi connectivity index (χ2n) is 13.6. The molecule has 10 N–H and O–H groups in total. The van der Waals surface area contributed by atoms with Crippen molar-refractivity contribution in [2.45, 2.75) is 95.0 Å². The van der Waals surface area contributed by atoms with Gasteiger partial charge >= 0.3 is 0 Å². The van der Waals surface area contributed by atoms with E-state index in [1.165, 1.54) is 20.8 Å². The molecule has 0 amide bonds. The van der Waals surface area contributed by atoms with Crippen molar-refractivity contribution in [3.63, 3.8) is 0 Å². The van der Waals surface area contributed by atoms with Crippen molar-refractivity contribution in [1.82, 2.24) is 0 Å². The molecule has 1 fully saturated rings. The zero-order valence-electron chi connectivity index (χ0n) is 28.2. The molecule has 1 aliphatic carbocycles. The number of fused-ring (bicyclic) bond motifs is 3. The van der Waals surface area contributed by atoms with E-state index in [0.29, 0.717) is 0 Å². The number of aromatic hydroxyl groups is 4. The Kier molecular flexibility index (Phi) is 8.76. The number of Topliss-reactive ketones (excluding diaryl/α,β-unsaturated/α-hetero) is 2. The number of ether oxygens (including phenoxy) is 4. The molecular formula is C36H38O16. The Morgan fingerprint density at radius 1 is 0.654 bits per heavy atom. The van der Waals surface area contributed by atoms with Crippen LogP contribution in [-0.4, -0.2) is 124 Å². The van der Waals surface area contributed by atoms with E-state index in [4.69, 9.17) is 18.9 Å². The lowest BCUT2D eigenvalue weighted by Gasteiger charge is -2.40. The molecule has 0 radical (unpaired) electrons. The minimum atomic E-state index is -1.91. The normalized spacial score (nSPS) is 33.2. The first-order chi connectivity index (χ1) is 24.5. The van der Waals surface area contributed by atoms with Gasteiger partial charge in [0.1, 0.15) is 65.4 Å². The minimum Gasteiger partial charge on any atom is -0.508 e. The van der Waals surface area contributed by atoms with Gasteiger partial charge in [-0.2, -0.15) is 0 Å². The van der Waals surface area contributed by atoms with Crippen LogP contribution < -0.4 is 4.74 Å². The summed E-state index contributed by atoms with van der Waals surface area (Å²) in [6.45, 7) is 5.31. The Bertz CT molecular complexity index is 2050. The van der Waals surface area contributed by atoms with E-state index >= 15 is 0 Å². The van der Waals surface area contributed by atoms with Gasteiger partial charge < -0.3 is 70.0 Å². The lowest BCUT2D eigenvalue weighted by molar-refractivity contribution is -0.277. The summed E-state index contributed by atoms with van der Waals surface area (Å²) in [6.07, 6.45) is -15.6. The Hall–Kier alpha value is -4.36. The fraction of sp³-hybridized carbons (Fsp3) is 0.444. The van der Waals surface area contributed by atoms with Gasteiger partial charge in [-0.15, -0.1) is 0 Å². The summed E-state index contributed by atoms with van der Waals surface area (Å²) < 4.78 is 23.0. The number of hydrogen-bond donors (Lipinski definition) is 10. The third kappa shape index (κ3) is 5.09. The van der Waals surface area contributed by atoms with Gasteiger partial charge in [-0.25, -0.2) is 0 Å². The highest BCUT2D eigenvalue weighted by molar-refractivity contribution is 6.32. The van der Waals surface area contributed by atoms with Crippen LogP contribution in [0, 0.1) is 0 Å². The standard InChI is InChI=1S/C36H38O16/c1-9-19-25(28(41)11(3)49-9)22(14-5-13(38)6-17(21(14)31(19)44)51-36-35(48)34(47)30(43)18(8-37)52-36)23-15(39)7-16(40)24-26(23)33(46)27-20(32(24)45)10(2)50-12(4)29(27)42/h5-7,9-12,18,28-30,34-44,47-48H,8H2,1-4H3/t9-,10+,11+,12+,18-,28+,29-,30-,34+,35-,36-/m0/s1. The van der Waals surface area contributed by atoms with E-state index in [1.54, 1.807) is 6.92 Å².